The zero-order chi connectivity index (χ0) is 11.1. The highest BCUT2D eigenvalue weighted by Crippen LogP contribution is 2.33. The first-order valence-electron chi connectivity index (χ1n) is 4.66. The zero-order valence-corrected chi connectivity index (χ0v) is 10.3. The maximum Gasteiger partial charge on any atom is 0.173 e. The molecule has 0 amide bonds. The van der Waals surface area contributed by atoms with Crippen LogP contribution < -0.4 is 0 Å². The Morgan fingerprint density at radius 3 is 2.80 bits per heavy atom. The van der Waals surface area contributed by atoms with E-state index < -0.39 is 15.2 Å². The molecule has 1 aromatic heterocycles. The second-order valence-corrected chi connectivity index (χ2v) is 6.61. The number of halogens is 1. The second kappa shape index (κ2) is 3.79. The molecule has 1 aliphatic heterocycles. The smallest absolute Gasteiger partial charge is 0.173 e. The predicted octanol–water partition coefficient (Wildman–Crippen LogP) is 1.45. The number of hydrogen-bond acceptors (Lipinski definition) is 4. The van der Waals surface area contributed by atoms with Gasteiger partial charge in [-0.3, -0.25) is 0 Å². The van der Waals surface area contributed by atoms with Crippen LogP contribution in [0.3, 0.4) is 0 Å². The molecule has 2 rings (SSSR count). The van der Waals surface area contributed by atoms with E-state index in [-0.39, 0.29) is 11.5 Å². The van der Waals surface area contributed by atoms with Crippen LogP contribution in [-0.2, 0) is 9.84 Å². The van der Waals surface area contributed by atoms with Crippen molar-refractivity contribution in [3.8, 4) is 5.75 Å². The van der Waals surface area contributed by atoms with Gasteiger partial charge < -0.3 is 5.11 Å². The highest BCUT2D eigenvalue weighted by Gasteiger charge is 2.32. The predicted molar refractivity (Wildman–Crippen MR) is 58.3 cm³/mol. The first-order chi connectivity index (χ1) is 7.02. The van der Waals surface area contributed by atoms with Gasteiger partial charge in [0.2, 0.25) is 0 Å². The lowest BCUT2D eigenvalue weighted by Crippen LogP contribution is -2.27. The molecule has 1 saturated heterocycles. The number of aromatic nitrogens is 2. The van der Waals surface area contributed by atoms with Crippen LogP contribution in [0.1, 0.15) is 24.6 Å². The molecule has 2 heterocycles. The maximum atomic E-state index is 11.8. The molecule has 0 aliphatic carbocycles. The van der Waals surface area contributed by atoms with Crippen molar-refractivity contribution in [1.82, 2.24) is 9.78 Å². The third kappa shape index (κ3) is 1.90. The Morgan fingerprint density at radius 1 is 1.53 bits per heavy atom. The molecule has 0 radical (unpaired) electrons. The highest BCUT2D eigenvalue weighted by molar-refractivity contribution is 9.10. The summed E-state index contributed by atoms with van der Waals surface area (Å²) >= 11 is 3.12. The van der Waals surface area contributed by atoms with E-state index in [9.17, 15) is 13.5 Å². The zero-order valence-electron chi connectivity index (χ0n) is 7.93. The minimum Gasteiger partial charge on any atom is -0.504 e. The molecule has 1 N–H and O–H groups in total. The van der Waals surface area contributed by atoms with Crippen LogP contribution in [0.25, 0.3) is 0 Å². The van der Waals surface area contributed by atoms with Gasteiger partial charge in [0.25, 0.3) is 0 Å². The summed E-state index contributed by atoms with van der Waals surface area (Å²) in [6.07, 6.45) is 3.39. The molecular formula is C8H11BrN2O3S. The van der Waals surface area contributed by atoms with Crippen molar-refractivity contribution in [2.24, 2.45) is 0 Å². The number of nitrogens with zero attached hydrogens (tertiary/aromatic N) is 2. The van der Waals surface area contributed by atoms with E-state index in [1.807, 2.05) is 0 Å². The fraction of sp³-hybridized carbons (Fsp3) is 0.625. The van der Waals surface area contributed by atoms with Gasteiger partial charge in [-0.05, 0) is 35.2 Å². The van der Waals surface area contributed by atoms with Crippen molar-refractivity contribution in [3.05, 3.63) is 10.8 Å². The Labute approximate surface area is 96.1 Å². The van der Waals surface area contributed by atoms with E-state index in [0.29, 0.717) is 17.4 Å². The highest BCUT2D eigenvalue weighted by atomic mass is 79.9. The van der Waals surface area contributed by atoms with Gasteiger partial charge in [0.05, 0.1) is 11.9 Å². The van der Waals surface area contributed by atoms with E-state index in [1.165, 1.54) is 10.9 Å². The van der Waals surface area contributed by atoms with Gasteiger partial charge in [0.1, 0.15) is 4.60 Å². The van der Waals surface area contributed by atoms with E-state index in [2.05, 4.69) is 21.0 Å². The van der Waals surface area contributed by atoms with E-state index in [4.69, 9.17) is 0 Å². The Bertz CT molecular complexity index is 468. The first-order valence-corrected chi connectivity index (χ1v) is 7.17. The van der Waals surface area contributed by atoms with Crippen LogP contribution in [0.15, 0.2) is 10.8 Å². The third-order valence-corrected chi connectivity index (χ3v) is 5.43. The Kier molecular flexibility index (Phi) is 2.76. The van der Waals surface area contributed by atoms with Crippen LogP contribution in [0, 0.1) is 0 Å². The summed E-state index contributed by atoms with van der Waals surface area (Å²) in [5.74, 6) is 0.167. The summed E-state index contributed by atoms with van der Waals surface area (Å²) in [4.78, 5) is 0. The number of sulfone groups is 1. The van der Waals surface area contributed by atoms with Crippen LogP contribution in [-0.4, -0.2) is 29.1 Å². The van der Waals surface area contributed by atoms with Crippen molar-refractivity contribution >= 4 is 25.8 Å². The van der Waals surface area contributed by atoms with Gasteiger partial charge in [0, 0.05) is 0 Å². The molecule has 0 spiro atoms. The van der Waals surface area contributed by atoms with Crippen molar-refractivity contribution in [1.29, 1.82) is 0 Å². The fourth-order valence-electron chi connectivity index (χ4n) is 1.75. The van der Waals surface area contributed by atoms with Crippen molar-refractivity contribution in [3.63, 3.8) is 0 Å². The van der Waals surface area contributed by atoms with Crippen LogP contribution in [0.5, 0.6) is 5.75 Å². The van der Waals surface area contributed by atoms with Crippen LogP contribution in [0.2, 0.25) is 0 Å². The molecule has 1 fully saturated rings. The standard InChI is InChI=1S/C8H11BrN2O3S/c9-8-6(12)5-10-11(8)7-3-1-2-4-15(7,13)14/h5,7,12H,1-4H2. The quantitative estimate of drug-likeness (QED) is 0.851. The van der Waals surface area contributed by atoms with Gasteiger partial charge in [0.15, 0.2) is 21.0 Å². The molecule has 84 valence electrons. The average Bonchev–Trinajstić information content (AvgIpc) is 2.48. The van der Waals surface area contributed by atoms with E-state index in [1.54, 1.807) is 0 Å². The molecule has 1 aliphatic rings. The number of hydrogen-bond donors (Lipinski definition) is 1. The van der Waals surface area contributed by atoms with Crippen LogP contribution >= 0.6 is 15.9 Å². The Balaban J connectivity index is 2.42. The lowest BCUT2D eigenvalue weighted by atomic mass is 10.2. The third-order valence-electron chi connectivity index (χ3n) is 2.53. The van der Waals surface area contributed by atoms with E-state index >= 15 is 0 Å². The largest absolute Gasteiger partial charge is 0.504 e. The van der Waals surface area contributed by atoms with Crippen molar-refractivity contribution in [2.75, 3.05) is 5.75 Å². The summed E-state index contributed by atoms with van der Waals surface area (Å²) in [6.45, 7) is 0. The topological polar surface area (TPSA) is 72.2 Å². The second-order valence-electron chi connectivity index (χ2n) is 3.58. The summed E-state index contributed by atoms with van der Waals surface area (Å²) in [5, 5.41) is 12.6. The van der Waals surface area contributed by atoms with Crippen molar-refractivity contribution < 1.29 is 13.5 Å². The summed E-state index contributed by atoms with van der Waals surface area (Å²) in [5.41, 5.74) is 0. The van der Waals surface area contributed by atoms with Gasteiger partial charge >= 0.3 is 0 Å². The maximum absolute atomic E-state index is 11.8. The number of aromatic hydroxyl groups is 1. The monoisotopic (exact) mass is 294 g/mol. The molecule has 7 heteroatoms. The summed E-state index contributed by atoms with van der Waals surface area (Å²) < 4.78 is 25.2. The van der Waals surface area contributed by atoms with E-state index in [0.717, 1.165) is 6.42 Å². The normalized spacial score (nSPS) is 25.3. The molecular weight excluding hydrogens is 284 g/mol. The Hall–Kier alpha value is -0.560. The first kappa shape index (κ1) is 10.9. The van der Waals surface area contributed by atoms with Gasteiger partial charge in [-0.25, -0.2) is 13.1 Å². The lowest BCUT2D eigenvalue weighted by molar-refractivity contribution is 0.448. The SMILES string of the molecule is O=S1(=O)CCCCC1n1ncc(O)c1Br. The van der Waals surface area contributed by atoms with Gasteiger partial charge in [-0.1, -0.05) is 0 Å². The average molecular weight is 295 g/mol. The fourth-order valence-corrected chi connectivity index (χ4v) is 4.20. The van der Waals surface area contributed by atoms with Gasteiger partial charge in [-0.2, -0.15) is 5.10 Å². The minimum absolute atomic E-state index is 0.0317. The Morgan fingerprint density at radius 2 is 2.27 bits per heavy atom. The lowest BCUT2D eigenvalue weighted by Gasteiger charge is -2.22. The molecule has 1 unspecified atom stereocenters. The molecule has 15 heavy (non-hydrogen) atoms. The molecule has 0 bridgehead atoms. The molecule has 5 nitrogen and oxygen atoms in total. The summed E-state index contributed by atoms with van der Waals surface area (Å²) in [7, 11) is -3.13. The minimum atomic E-state index is -3.13. The molecule has 1 aromatic rings. The van der Waals surface area contributed by atoms with Crippen LogP contribution in [0.4, 0.5) is 0 Å². The number of rotatable bonds is 1. The van der Waals surface area contributed by atoms with Crippen molar-refractivity contribution in [2.45, 2.75) is 24.6 Å². The molecule has 1 atom stereocenters. The summed E-state index contributed by atoms with van der Waals surface area (Å²) in [6, 6.07) is 0. The van der Waals surface area contributed by atoms with Gasteiger partial charge in [-0.15, -0.1) is 0 Å². The molecule has 0 aromatic carbocycles. The molecule has 0 saturated carbocycles.